The first kappa shape index (κ1) is 11.9. The molecule has 0 atom stereocenters. The van der Waals surface area contributed by atoms with Gasteiger partial charge in [-0.25, -0.2) is 4.39 Å². The van der Waals surface area contributed by atoms with E-state index in [0.717, 1.165) is 18.5 Å². The smallest absolute Gasteiger partial charge is 0.127 e. The van der Waals surface area contributed by atoms with Gasteiger partial charge in [0.25, 0.3) is 0 Å². The lowest BCUT2D eigenvalue weighted by Gasteiger charge is -2.42. The van der Waals surface area contributed by atoms with Crippen LogP contribution in [0.25, 0.3) is 0 Å². The molecule has 0 aliphatic heterocycles. The molecule has 1 aromatic carbocycles. The Bertz CT molecular complexity index is 374. The predicted molar refractivity (Wildman–Crippen MR) is 65.3 cm³/mol. The van der Waals surface area contributed by atoms with Gasteiger partial charge in [0, 0.05) is 11.6 Å². The van der Waals surface area contributed by atoms with Crippen LogP contribution in [0, 0.1) is 11.2 Å². The molecule has 0 aromatic heterocycles. The maximum atomic E-state index is 13.7. The zero-order valence-corrected chi connectivity index (χ0v) is 10.3. The Morgan fingerprint density at radius 2 is 2.19 bits per heavy atom. The van der Waals surface area contributed by atoms with E-state index < -0.39 is 0 Å². The summed E-state index contributed by atoms with van der Waals surface area (Å²) in [5.74, 6) is -0.171. The van der Waals surface area contributed by atoms with Gasteiger partial charge >= 0.3 is 0 Å². The summed E-state index contributed by atoms with van der Waals surface area (Å²) in [4.78, 5) is 0. The van der Waals surface area contributed by atoms with Crippen LogP contribution in [0.15, 0.2) is 18.2 Å². The van der Waals surface area contributed by atoms with Crippen molar-refractivity contribution in [3.63, 3.8) is 0 Å². The first-order valence-corrected chi connectivity index (χ1v) is 6.12. The highest BCUT2D eigenvalue weighted by Gasteiger charge is 2.36. The molecule has 1 aliphatic rings. The molecule has 0 amide bonds. The number of rotatable bonds is 4. The van der Waals surface area contributed by atoms with Crippen LogP contribution in [0.4, 0.5) is 4.39 Å². The number of nitrogens with one attached hydrogen (secondary N) is 1. The second kappa shape index (κ2) is 4.72. The first-order valence-electron chi connectivity index (χ1n) is 5.74. The predicted octanol–water partition coefficient (Wildman–Crippen LogP) is 3.41. The molecule has 0 saturated heterocycles. The van der Waals surface area contributed by atoms with E-state index in [9.17, 15) is 4.39 Å². The Balaban J connectivity index is 2.13. The van der Waals surface area contributed by atoms with Crippen molar-refractivity contribution in [2.24, 2.45) is 5.41 Å². The van der Waals surface area contributed by atoms with Crippen LogP contribution < -0.4 is 5.32 Å². The summed E-state index contributed by atoms with van der Waals surface area (Å²) >= 11 is 5.74. The molecule has 1 saturated carbocycles. The molecule has 1 aliphatic carbocycles. The Labute approximate surface area is 101 Å². The summed E-state index contributed by atoms with van der Waals surface area (Å²) in [6.07, 6.45) is 4.46. The molecular weight excluding hydrogens is 225 g/mol. The fourth-order valence-corrected chi connectivity index (χ4v) is 2.70. The van der Waals surface area contributed by atoms with Gasteiger partial charge < -0.3 is 5.32 Å². The second-order valence-corrected chi connectivity index (χ2v) is 5.23. The molecule has 0 unspecified atom stereocenters. The van der Waals surface area contributed by atoms with Crippen LogP contribution in [0.2, 0.25) is 5.02 Å². The molecule has 1 nitrogen and oxygen atoms in total. The van der Waals surface area contributed by atoms with Crippen LogP contribution in [0.3, 0.4) is 0 Å². The minimum atomic E-state index is -0.171. The topological polar surface area (TPSA) is 12.0 Å². The van der Waals surface area contributed by atoms with Crippen LogP contribution in [0.5, 0.6) is 0 Å². The number of benzene rings is 1. The second-order valence-electron chi connectivity index (χ2n) is 4.80. The summed E-state index contributed by atoms with van der Waals surface area (Å²) in [5.41, 5.74) is 1.06. The van der Waals surface area contributed by atoms with Gasteiger partial charge in [-0.05, 0) is 49.4 Å². The SMILES string of the molecule is CNCC1(Cc2ccc(Cl)cc2F)CCC1. The average molecular weight is 242 g/mol. The third-order valence-corrected chi connectivity index (χ3v) is 3.78. The lowest BCUT2D eigenvalue weighted by molar-refractivity contribution is 0.132. The quantitative estimate of drug-likeness (QED) is 0.852. The van der Waals surface area contributed by atoms with E-state index in [-0.39, 0.29) is 11.2 Å². The van der Waals surface area contributed by atoms with E-state index in [0.29, 0.717) is 5.02 Å². The fourth-order valence-electron chi connectivity index (χ4n) is 2.54. The summed E-state index contributed by atoms with van der Waals surface area (Å²) < 4.78 is 13.7. The zero-order chi connectivity index (χ0) is 11.6. The van der Waals surface area contributed by atoms with Crippen molar-refractivity contribution in [3.05, 3.63) is 34.6 Å². The minimum absolute atomic E-state index is 0.171. The van der Waals surface area contributed by atoms with E-state index >= 15 is 0 Å². The molecule has 0 radical (unpaired) electrons. The molecule has 0 heterocycles. The lowest BCUT2D eigenvalue weighted by Crippen LogP contribution is -2.40. The Morgan fingerprint density at radius 3 is 2.69 bits per heavy atom. The van der Waals surface area contributed by atoms with Gasteiger partial charge in [-0.2, -0.15) is 0 Å². The van der Waals surface area contributed by atoms with Crippen molar-refractivity contribution in [2.75, 3.05) is 13.6 Å². The molecule has 2 rings (SSSR count). The summed E-state index contributed by atoms with van der Waals surface area (Å²) in [6, 6.07) is 4.99. The standard InChI is InChI=1S/C13H17ClFN/c1-16-9-13(5-2-6-13)8-10-3-4-11(14)7-12(10)15/h3-4,7,16H,2,5-6,8-9H2,1H3. The largest absolute Gasteiger partial charge is 0.319 e. The van der Waals surface area contributed by atoms with Crippen LogP contribution in [-0.2, 0) is 6.42 Å². The molecule has 1 aromatic rings. The highest BCUT2D eigenvalue weighted by atomic mass is 35.5. The molecule has 1 N–H and O–H groups in total. The molecule has 0 spiro atoms. The molecule has 3 heteroatoms. The van der Waals surface area contributed by atoms with Crippen molar-refractivity contribution >= 4 is 11.6 Å². The minimum Gasteiger partial charge on any atom is -0.319 e. The zero-order valence-electron chi connectivity index (χ0n) is 9.52. The Kier molecular flexibility index (Phi) is 3.50. The highest BCUT2D eigenvalue weighted by molar-refractivity contribution is 6.30. The molecule has 88 valence electrons. The van der Waals surface area contributed by atoms with Crippen LogP contribution in [-0.4, -0.2) is 13.6 Å². The van der Waals surface area contributed by atoms with Crippen molar-refractivity contribution in [1.29, 1.82) is 0 Å². The van der Waals surface area contributed by atoms with Crippen molar-refractivity contribution in [3.8, 4) is 0 Å². The number of halogens is 2. The van der Waals surface area contributed by atoms with Crippen LogP contribution >= 0.6 is 11.6 Å². The summed E-state index contributed by atoms with van der Waals surface area (Å²) in [6.45, 7) is 0.967. The average Bonchev–Trinajstić information content (AvgIpc) is 2.18. The third-order valence-electron chi connectivity index (χ3n) is 3.55. The van der Waals surface area contributed by atoms with Crippen molar-refractivity contribution in [2.45, 2.75) is 25.7 Å². The number of hydrogen-bond acceptors (Lipinski definition) is 1. The van der Waals surface area contributed by atoms with Gasteiger partial charge in [0.05, 0.1) is 0 Å². The Morgan fingerprint density at radius 1 is 1.44 bits per heavy atom. The number of hydrogen-bond donors (Lipinski definition) is 1. The van der Waals surface area contributed by atoms with Crippen molar-refractivity contribution < 1.29 is 4.39 Å². The van der Waals surface area contributed by atoms with Gasteiger partial charge in [0.2, 0.25) is 0 Å². The highest BCUT2D eigenvalue weighted by Crippen LogP contribution is 2.43. The van der Waals surface area contributed by atoms with Gasteiger partial charge in [-0.3, -0.25) is 0 Å². The molecule has 0 bridgehead atoms. The van der Waals surface area contributed by atoms with Gasteiger partial charge in [0.1, 0.15) is 5.82 Å². The van der Waals surface area contributed by atoms with E-state index in [1.54, 1.807) is 6.07 Å². The van der Waals surface area contributed by atoms with E-state index in [1.807, 2.05) is 13.1 Å². The van der Waals surface area contributed by atoms with Gasteiger partial charge in [-0.1, -0.05) is 24.1 Å². The summed E-state index contributed by atoms with van der Waals surface area (Å²) in [7, 11) is 1.96. The monoisotopic (exact) mass is 241 g/mol. The fraction of sp³-hybridized carbons (Fsp3) is 0.538. The third kappa shape index (κ3) is 2.38. The molecule has 1 fully saturated rings. The van der Waals surface area contributed by atoms with Crippen LogP contribution in [0.1, 0.15) is 24.8 Å². The normalized spacial score (nSPS) is 18.2. The first-order chi connectivity index (χ1) is 7.65. The molecule has 16 heavy (non-hydrogen) atoms. The van der Waals surface area contributed by atoms with E-state index in [4.69, 9.17) is 11.6 Å². The maximum Gasteiger partial charge on any atom is 0.127 e. The van der Waals surface area contributed by atoms with E-state index in [1.165, 1.54) is 25.3 Å². The molecular formula is C13H17ClFN. The Hall–Kier alpha value is -0.600. The lowest BCUT2D eigenvalue weighted by atomic mass is 9.65. The van der Waals surface area contributed by atoms with Gasteiger partial charge in [0.15, 0.2) is 0 Å². The van der Waals surface area contributed by atoms with Crippen molar-refractivity contribution in [1.82, 2.24) is 5.32 Å². The van der Waals surface area contributed by atoms with Gasteiger partial charge in [-0.15, -0.1) is 0 Å². The summed E-state index contributed by atoms with van der Waals surface area (Å²) in [5, 5.41) is 3.68. The van der Waals surface area contributed by atoms with E-state index in [2.05, 4.69) is 5.32 Å². The maximum absolute atomic E-state index is 13.7.